The number of rotatable bonds is 10. The summed E-state index contributed by atoms with van der Waals surface area (Å²) in [5.74, 6) is 0.0243. The second kappa shape index (κ2) is 12.3. The van der Waals surface area contributed by atoms with Gasteiger partial charge in [0.1, 0.15) is 12.4 Å². The number of benzene rings is 2. The summed E-state index contributed by atoms with van der Waals surface area (Å²) >= 11 is 2.89. The average molecular weight is 664 g/mol. The van der Waals surface area contributed by atoms with Crippen molar-refractivity contribution in [2.75, 3.05) is 13.7 Å². The normalized spacial score (nSPS) is 14.1. The molecule has 4 rings (SSSR count). The van der Waals surface area contributed by atoms with E-state index in [0.717, 1.165) is 22.2 Å². The van der Waals surface area contributed by atoms with Crippen molar-refractivity contribution in [3.8, 4) is 11.5 Å². The minimum absolute atomic E-state index is 0.00721. The van der Waals surface area contributed by atoms with Gasteiger partial charge in [-0.1, -0.05) is 0 Å². The highest BCUT2D eigenvalue weighted by molar-refractivity contribution is 14.1. The second-order valence-corrected chi connectivity index (χ2v) is 10.2. The van der Waals surface area contributed by atoms with E-state index in [1.54, 1.807) is 30.3 Å². The lowest BCUT2D eigenvalue weighted by atomic mass is 10.1. The Labute approximate surface area is 240 Å². The Morgan fingerprint density at radius 2 is 1.90 bits per heavy atom. The summed E-state index contributed by atoms with van der Waals surface area (Å²) < 4.78 is 22.4. The van der Waals surface area contributed by atoms with Crippen LogP contribution in [0.4, 0.5) is 10.5 Å². The van der Waals surface area contributed by atoms with E-state index in [2.05, 4.69) is 27.3 Å². The minimum atomic E-state index is -0.657. The monoisotopic (exact) mass is 664 g/mol. The second-order valence-electron chi connectivity index (χ2n) is 8.00. The largest absolute Gasteiger partial charge is 0.490 e. The van der Waals surface area contributed by atoms with Crippen molar-refractivity contribution in [1.29, 1.82) is 0 Å². The molecule has 11 nitrogen and oxygen atoms in total. The van der Waals surface area contributed by atoms with Gasteiger partial charge in [-0.05, 0) is 94.9 Å². The first-order valence-corrected chi connectivity index (χ1v) is 13.3. The summed E-state index contributed by atoms with van der Waals surface area (Å²) in [4.78, 5) is 48.8. The number of esters is 1. The fourth-order valence-electron chi connectivity index (χ4n) is 3.56. The van der Waals surface area contributed by atoms with Gasteiger partial charge in [-0.3, -0.25) is 24.6 Å². The lowest BCUT2D eigenvalue weighted by Crippen LogP contribution is -2.27. The molecule has 0 atom stereocenters. The highest BCUT2D eigenvalue weighted by atomic mass is 127. The smallest absolute Gasteiger partial charge is 0.373 e. The lowest BCUT2D eigenvalue weighted by molar-refractivity contribution is -0.384. The fraction of sp³-hybridized carbons (Fsp3) is 0.192. The molecule has 0 saturated carbocycles. The third-order valence-electron chi connectivity index (χ3n) is 5.40. The molecule has 1 aromatic heterocycles. The Morgan fingerprint density at radius 3 is 2.56 bits per heavy atom. The molecule has 1 fully saturated rings. The molecule has 0 spiro atoms. The van der Waals surface area contributed by atoms with Gasteiger partial charge < -0.3 is 18.6 Å². The van der Waals surface area contributed by atoms with Crippen molar-refractivity contribution in [3.05, 3.63) is 89.8 Å². The number of carbonyl (C=O) groups is 3. The van der Waals surface area contributed by atoms with Crippen molar-refractivity contribution < 1.29 is 37.9 Å². The van der Waals surface area contributed by atoms with Crippen molar-refractivity contribution in [2.24, 2.45) is 0 Å². The summed E-state index contributed by atoms with van der Waals surface area (Å²) in [5, 5.41) is 10.4. The first kappa shape index (κ1) is 28.2. The zero-order valence-electron chi connectivity index (χ0n) is 20.7. The predicted octanol–water partition coefficient (Wildman–Crippen LogP) is 5.79. The third-order valence-corrected chi connectivity index (χ3v) is 7.10. The van der Waals surface area contributed by atoms with Gasteiger partial charge in [0.25, 0.3) is 16.8 Å². The predicted molar refractivity (Wildman–Crippen MR) is 149 cm³/mol. The maximum Gasteiger partial charge on any atom is 0.373 e. The maximum absolute atomic E-state index is 13.0. The summed E-state index contributed by atoms with van der Waals surface area (Å²) in [6.07, 6.45) is 1.59. The average Bonchev–Trinajstić information content (AvgIpc) is 3.48. The van der Waals surface area contributed by atoms with Gasteiger partial charge in [0.2, 0.25) is 5.76 Å². The molecular formula is C26H21IN2O9S. The van der Waals surface area contributed by atoms with E-state index in [1.165, 1.54) is 31.4 Å². The summed E-state index contributed by atoms with van der Waals surface area (Å²) in [7, 11) is 1.22. The van der Waals surface area contributed by atoms with Gasteiger partial charge in [0, 0.05) is 12.1 Å². The number of hydrogen-bond donors (Lipinski definition) is 0. The van der Waals surface area contributed by atoms with Crippen LogP contribution in [0.25, 0.3) is 6.08 Å². The molecule has 1 aliphatic rings. The Bertz CT molecular complexity index is 1470. The molecule has 0 aliphatic carbocycles. The minimum Gasteiger partial charge on any atom is -0.490 e. The standard InChI is InChI=1S/C26H21IN2O9S/c1-3-36-21-11-16(10-19(27)23(21)37-14-15-4-6-17(7-5-15)29(33)34)12-22-24(30)28(26(32)39-22)13-18-8-9-20(38-18)25(31)35-2/h4-12H,3,13-14H2,1-2H3/b22-12+. The number of hydrogen-bond acceptors (Lipinski definition) is 10. The summed E-state index contributed by atoms with van der Waals surface area (Å²) in [6.45, 7) is 2.22. The van der Waals surface area contributed by atoms with Gasteiger partial charge in [0.15, 0.2) is 11.5 Å². The van der Waals surface area contributed by atoms with Crippen molar-refractivity contribution in [1.82, 2.24) is 4.90 Å². The maximum atomic E-state index is 13.0. The number of thioether (sulfide) groups is 1. The van der Waals surface area contributed by atoms with E-state index in [1.807, 2.05) is 6.92 Å². The van der Waals surface area contributed by atoms with Gasteiger partial charge in [-0.2, -0.15) is 0 Å². The van der Waals surface area contributed by atoms with Crippen molar-refractivity contribution in [3.63, 3.8) is 0 Å². The number of nitrogens with zero attached hydrogens (tertiary/aromatic N) is 2. The van der Waals surface area contributed by atoms with Crippen LogP contribution in [-0.2, 0) is 22.7 Å². The Balaban J connectivity index is 1.51. The van der Waals surface area contributed by atoms with Crippen molar-refractivity contribution in [2.45, 2.75) is 20.1 Å². The molecule has 0 radical (unpaired) electrons. The number of nitro benzene ring substituents is 1. The molecule has 202 valence electrons. The van der Waals surface area contributed by atoms with Crippen LogP contribution in [0.5, 0.6) is 11.5 Å². The molecule has 2 aromatic carbocycles. The topological polar surface area (TPSA) is 138 Å². The van der Waals surface area contributed by atoms with Gasteiger partial charge in [-0.25, -0.2) is 4.79 Å². The van der Waals surface area contributed by atoms with E-state index in [4.69, 9.17) is 13.9 Å². The lowest BCUT2D eigenvalue weighted by Gasteiger charge is -2.15. The fourth-order valence-corrected chi connectivity index (χ4v) is 5.18. The highest BCUT2D eigenvalue weighted by Gasteiger charge is 2.36. The number of imide groups is 1. The van der Waals surface area contributed by atoms with Crippen LogP contribution in [0.3, 0.4) is 0 Å². The quantitative estimate of drug-likeness (QED) is 0.0860. The number of methoxy groups -OCH3 is 1. The van der Waals surface area contributed by atoms with Crippen LogP contribution >= 0.6 is 34.4 Å². The number of nitro groups is 1. The first-order valence-electron chi connectivity index (χ1n) is 11.4. The van der Waals surface area contributed by atoms with Crippen LogP contribution in [0.15, 0.2) is 57.9 Å². The molecule has 0 unspecified atom stereocenters. The third kappa shape index (κ3) is 6.60. The number of amides is 2. The zero-order chi connectivity index (χ0) is 28.1. The SMILES string of the molecule is CCOc1cc(/C=C2/SC(=O)N(Cc3ccc(C(=O)OC)o3)C2=O)cc(I)c1OCc1ccc([N+](=O)[O-])cc1. The Hall–Kier alpha value is -3.85. The molecule has 39 heavy (non-hydrogen) atoms. The Kier molecular flexibility index (Phi) is 8.91. The van der Waals surface area contributed by atoms with Crippen LogP contribution in [0.1, 0.15) is 34.4 Å². The van der Waals surface area contributed by atoms with Crippen LogP contribution in [0.2, 0.25) is 0 Å². The van der Waals surface area contributed by atoms with E-state index < -0.39 is 22.0 Å². The number of halogens is 1. The highest BCUT2D eigenvalue weighted by Crippen LogP contribution is 2.38. The van der Waals surface area contributed by atoms with E-state index in [9.17, 15) is 24.5 Å². The number of non-ortho nitro benzene ring substituents is 1. The molecule has 0 N–H and O–H groups in total. The molecule has 2 heterocycles. The summed E-state index contributed by atoms with van der Waals surface area (Å²) in [5.41, 5.74) is 1.36. The zero-order valence-corrected chi connectivity index (χ0v) is 23.6. The number of ether oxygens (including phenoxy) is 3. The van der Waals surface area contributed by atoms with Gasteiger partial charge in [0.05, 0.1) is 33.7 Å². The molecule has 0 bridgehead atoms. The van der Waals surface area contributed by atoms with Crippen LogP contribution in [-0.4, -0.2) is 40.7 Å². The van der Waals surface area contributed by atoms with Crippen LogP contribution < -0.4 is 9.47 Å². The van der Waals surface area contributed by atoms with Crippen molar-refractivity contribution >= 4 is 63.2 Å². The molecule has 2 amide bonds. The number of furan rings is 1. The molecule has 13 heteroatoms. The van der Waals surface area contributed by atoms with E-state index >= 15 is 0 Å². The van der Waals surface area contributed by atoms with Gasteiger partial charge in [-0.15, -0.1) is 0 Å². The molecule has 1 saturated heterocycles. The summed E-state index contributed by atoms with van der Waals surface area (Å²) in [6, 6.07) is 12.5. The van der Waals surface area contributed by atoms with E-state index in [0.29, 0.717) is 27.2 Å². The van der Waals surface area contributed by atoms with E-state index in [-0.39, 0.29) is 35.3 Å². The number of carbonyl (C=O) groups excluding carboxylic acids is 3. The Morgan fingerprint density at radius 1 is 1.15 bits per heavy atom. The molecule has 3 aromatic rings. The van der Waals surface area contributed by atoms with Crippen LogP contribution in [0, 0.1) is 13.7 Å². The van der Waals surface area contributed by atoms with Gasteiger partial charge >= 0.3 is 5.97 Å². The molecular weight excluding hydrogens is 643 g/mol. The first-order chi connectivity index (χ1) is 18.7. The molecule has 1 aliphatic heterocycles.